The number of hydrogen-bond acceptors (Lipinski definition) is 2. The fraction of sp³-hybridized carbons (Fsp3) is 0.333. The van der Waals surface area contributed by atoms with Crippen LogP contribution in [0, 0.1) is 0 Å². The van der Waals surface area contributed by atoms with Gasteiger partial charge in [0.2, 0.25) is 0 Å². The van der Waals surface area contributed by atoms with Crippen LogP contribution in [0.3, 0.4) is 0 Å². The molecule has 1 atom stereocenters. The summed E-state index contributed by atoms with van der Waals surface area (Å²) >= 11 is 3.45. The van der Waals surface area contributed by atoms with Crippen molar-refractivity contribution >= 4 is 21.8 Å². The lowest BCUT2D eigenvalue weighted by atomic mass is 10.0. The first-order valence-electron chi connectivity index (χ1n) is 7.72. The summed E-state index contributed by atoms with van der Waals surface area (Å²) in [4.78, 5) is 19.1. The number of amides is 1. The van der Waals surface area contributed by atoms with Gasteiger partial charge in [0.25, 0.3) is 5.91 Å². The van der Waals surface area contributed by atoms with Crippen molar-refractivity contribution in [3.05, 3.63) is 64.4 Å². The van der Waals surface area contributed by atoms with Gasteiger partial charge in [0.05, 0.1) is 6.04 Å². The van der Waals surface area contributed by atoms with Gasteiger partial charge in [0.15, 0.2) is 0 Å². The van der Waals surface area contributed by atoms with Gasteiger partial charge in [0.1, 0.15) is 0 Å². The minimum absolute atomic E-state index is 0.116. The summed E-state index contributed by atoms with van der Waals surface area (Å²) in [7, 11) is 0. The average Bonchev–Trinajstić information content (AvgIpc) is 2.81. The third-order valence-electron chi connectivity index (χ3n) is 4.18. The fourth-order valence-corrected chi connectivity index (χ4v) is 3.47. The van der Waals surface area contributed by atoms with E-state index in [-0.39, 0.29) is 11.9 Å². The minimum atomic E-state index is 0.116. The molecule has 2 aromatic rings. The van der Waals surface area contributed by atoms with Gasteiger partial charge in [-0.2, -0.15) is 0 Å². The molecule has 22 heavy (non-hydrogen) atoms. The van der Waals surface area contributed by atoms with Gasteiger partial charge in [0, 0.05) is 29.0 Å². The second-order valence-electron chi connectivity index (χ2n) is 5.65. The Balaban J connectivity index is 1.92. The predicted molar refractivity (Wildman–Crippen MR) is 90.6 cm³/mol. The van der Waals surface area contributed by atoms with E-state index in [1.165, 1.54) is 12.0 Å². The van der Waals surface area contributed by atoms with Crippen LogP contribution in [-0.2, 0) is 0 Å². The second-order valence-corrected chi connectivity index (χ2v) is 6.57. The summed E-state index contributed by atoms with van der Waals surface area (Å²) in [5.41, 5.74) is 1.93. The summed E-state index contributed by atoms with van der Waals surface area (Å²) in [5, 5.41) is 0. The van der Waals surface area contributed by atoms with E-state index in [4.69, 9.17) is 0 Å². The number of halogens is 1. The Kier molecular flexibility index (Phi) is 4.88. The van der Waals surface area contributed by atoms with E-state index < -0.39 is 0 Å². The molecule has 0 N–H and O–H groups in total. The number of aromatic nitrogens is 1. The molecule has 1 unspecified atom stereocenters. The van der Waals surface area contributed by atoms with Crippen LogP contribution in [-0.4, -0.2) is 22.3 Å². The highest BCUT2D eigenvalue weighted by molar-refractivity contribution is 9.10. The normalized spacial score (nSPS) is 18.8. The molecule has 1 aromatic carbocycles. The zero-order valence-corrected chi connectivity index (χ0v) is 14.0. The third kappa shape index (κ3) is 3.38. The Labute approximate surface area is 139 Å². The summed E-state index contributed by atoms with van der Waals surface area (Å²) in [5.74, 6) is 0.116. The van der Waals surface area contributed by atoms with Gasteiger partial charge >= 0.3 is 0 Å². The molecule has 0 radical (unpaired) electrons. The Morgan fingerprint density at radius 2 is 1.95 bits per heavy atom. The first kappa shape index (κ1) is 15.2. The number of carbonyl (C=O) groups is 1. The predicted octanol–water partition coefficient (Wildman–Crippen LogP) is 4.60. The Morgan fingerprint density at radius 1 is 1.14 bits per heavy atom. The van der Waals surface area contributed by atoms with Gasteiger partial charge < -0.3 is 4.90 Å². The standard InChI is InChI=1S/C18H19BrN2O/c19-16-6-4-5-15(13-16)18(22)21-12-3-1-2-7-17(21)14-8-10-20-11-9-14/h4-6,8-11,13,17H,1-3,7,12H2. The quantitative estimate of drug-likeness (QED) is 0.785. The van der Waals surface area contributed by atoms with Crippen LogP contribution in [0.1, 0.15) is 47.6 Å². The molecule has 4 heteroatoms. The molecule has 1 fully saturated rings. The number of nitrogens with zero attached hydrogens (tertiary/aromatic N) is 2. The number of pyridine rings is 1. The molecule has 1 aliphatic rings. The molecule has 114 valence electrons. The van der Waals surface area contributed by atoms with Crippen molar-refractivity contribution < 1.29 is 4.79 Å². The zero-order valence-electron chi connectivity index (χ0n) is 12.4. The molecule has 3 nitrogen and oxygen atoms in total. The third-order valence-corrected chi connectivity index (χ3v) is 4.67. The highest BCUT2D eigenvalue weighted by Crippen LogP contribution is 2.31. The molecule has 2 heterocycles. The van der Waals surface area contributed by atoms with E-state index in [2.05, 4.69) is 20.9 Å². The van der Waals surface area contributed by atoms with E-state index in [1.54, 1.807) is 0 Å². The topological polar surface area (TPSA) is 33.2 Å². The Bertz CT molecular complexity index is 645. The lowest BCUT2D eigenvalue weighted by molar-refractivity contribution is 0.0681. The molecule has 0 saturated carbocycles. The Hall–Kier alpha value is -1.68. The maximum Gasteiger partial charge on any atom is 0.254 e. The summed E-state index contributed by atoms with van der Waals surface area (Å²) in [6.07, 6.45) is 8.05. The maximum absolute atomic E-state index is 13.0. The van der Waals surface area contributed by atoms with Gasteiger partial charge in [-0.15, -0.1) is 0 Å². The van der Waals surface area contributed by atoms with Crippen LogP contribution in [0.25, 0.3) is 0 Å². The molecule has 3 rings (SSSR count). The van der Waals surface area contributed by atoms with Crippen LogP contribution in [0.15, 0.2) is 53.3 Å². The average molecular weight is 359 g/mol. The molecular formula is C18H19BrN2O. The van der Waals surface area contributed by atoms with Crippen molar-refractivity contribution in [3.63, 3.8) is 0 Å². The van der Waals surface area contributed by atoms with Gasteiger partial charge in [-0.3, -0.25) is 9.78 Å². The number of carbonyl (C=O) groups excluding carboxylic acids is 1. The van der Waals surface area contributed by atoms with Gasteiger partial charge in [-0.05, 0) is 48.7 Å². The summed E-state index contributed by atoms with van der Waals surface area (Å²) in [6, 6.07) is 11.8. The van der Waals surface area contributed by atoms with Gasteiger partial charge in [-0.25, -0.2) is 0 Å². The fourth-order valence-electron chi connectivity index (χ4n) is 3.07. The lowest BCUT2D eigenvalue weighted by Gasteiger charge is -2.30. The monoisotopic (exact) mass is 358 g/mol. The second kappa shape index (κ2) is 7.05. The highest BCUT2D eigenvalue weighted by Gasteiger charge is 2.27. The first-order chi connectivity index (χ1) is 10.8. The van der Waals surface area contributed by atoms with Crippen molar-refractivity contribution in [2.45, 2.75) is 31.7 Å². The van der Waals surface area contributed by atoms with E-state index in [0.717, 1.165) is 35.8 Å². The molecule has 0 aliphatic carbocycles. The van der Waals surface area contributed by atoms with Crippen molar-refractivity contribution in [1.29, 1.82) is 0 Å². The van der Waals surface area contributed by atoms with Crippen LogP contribution >= 0.6 is 15.9 Å². The zero-order chi connectivity index (χ0) is 15.4. The van der Waals surface area contributed by atoms with Crippen molar-refractivity contribution in [3.8, 4) is 0 Å². The van der Waals surface area contributed by atoms with Crippen LogP contribution in [0.2, 0.25) is 0 Å². The number of benzene rings is 1. The van der Waals surface area contributed by atoms with Crippen LogP contribution in [0.5, 0.6) is 0 Å². The largest absolute Gasteiger partial charge is 0.332 e. The van der Waals surface area contributed by atoms with Gasteiger partial charge in [-0.1, -0.05) is 34.8 Å². The van der Waals surface area contributed by atoms with E-state index in [1.807, 2.05) is 53.7 Å². The lowest BCUT2D eigenvalue weighted by Crippen LogP contribution is -2.34. The van der Waals surface area contributed by atoms with E-state index >= 15 is 0 Å². The van der Waals surface area contributed by atoms with Crippen molar-refractivity contribution in [2.75, 3.05) is 6.54 Å². The number of likely N-dealkylation sites (tertiary alicyclic amines) is 1. The molecule has 1 saturated heterocycles. The number of hydrogen-bond donors (Lipinski definition) is 0. The van der Waals surface area contributed by atoms with Crippen LogP contribution < -0.4 is 0 Å². The molecular weight excluding hydrogens is 340 g/mol. The van der Waals surface area contributed by atoms with E-state index in [0.29, 0.717) is 0 Å². The molecule has 1 aliphatic heterocycles. The smallest absolute Gasteiger partial charge is 0.254 e. The van der Waals surface area contributed by atoms with E-state index in [9.17, 15) is 4.79 Å². The minimum Gasteiger partial charge on any atom is -0.332 e. The molecule has 1 amide bonds. The SMILES string of the molecule is O=C(c1cccc(Br)c1)N1CCCCCC1c1ccncc1. The van der Waals surface area contributed by atoms with Crippen molar-refractivity contribution in [1.82, 2.24) is 9.88 Å². The molecule has 1 aromatic heterocycles. The van der Waals surface area contributed by atoms with Crippen molar-refractivity contribution in [2.24, 2.45) is 0 Å². The maximum atomic E-state index is 13.0. The number of rotatable bonds is 2. The Morgan fingerprint density at radius 3 is 2.73 bits per heavy atom. The first-order valence-corrected chi connectivity index (χ1v) is 8.51. The summed E-state index contributed by atoms with van der Waals surface area (Å²) in [6.45, 7) is 0.818. The van der Waals surface area contributed by atoms with Crippen LogP contribution in [0.4, 0.5) is 0 Å². The molecule has 0 bridgehead atoms. The highest BCUT2D eigenvalue weighted by atomic mass is 79.9. The molecule has 0 spiro atoms. The summed E-state index contributed by atoms with van der Waals surface area (Å²) < 4.78 is 0.939.